The topological polar surface area (TPSA) is 113 Å². The van der Waals surface area contributed by atoms with Crippen molar-refractivity contribution in [3.63, 3.8) is 0 Å². The fourth-order valence-electron chi connectivity index (χ4n) is 2.79. The lowest BCUT2D eigenvalue weighted by Gasteiger charge is -2.29. The van der Waals surface area contributed by atoms with E-state index in [1.165, 1.54) is 25.4 Å². The highest BCUT2D eigenvalue weighted by molar-refractivity contribution is 6.09. The Balaban J connectivity index is 1.83. The van der Waals surface area contributed by atoms with Gasteiger partial charge in [0.05, 0.1) is 5.69 Å². The largest absolute Gasteiger partial charge is 0.573 e. The summed E-state index contributed by atoms with van der Waals surface area (Å²) in [4.78, 5) is 42.1. The van der Waals surface area contributed by atoms with Gasteiger partial charge < -0.3 is 20.7 Å². The maximum absolute atomic E-state index is 12.8. The van der Waals surface area contributed by atoms with Crippen LogP contribution in [0.25, 0.3) is 0 Å². The zero-order valence-corrected chi connectivity index (χ0v) is 15.5. The first-order valence-electron chi connectivity index (χ1n) is 8.58. The highest BCUT2D eigenvalue weighted by Gasteiger charge is 2.33. The summed E-state index contributed by atoms with van der Waals surface area (Å²) in [5.74, 6) is -1.34. The van der Waals surface area contributed by atoms with E-state index in [0.29, 0.717) is 5.69 Å². The maximum atomic E-state index is 12.8. The van der Waals surface area contributed by atoms with Gasteiger partial charge in [0.25, 0.3) is 0 Å². The smallest absolute Gasteiger partial charge is 0.406 e. The summed E-state index contributed by atoms with van der Waals surface area (Å²) in [5, 5.41) is 7.43. The molecule has 0 aliphatic carbocycles. The second-order valence-electron chi connectivity index (χ2n) is 6.12. The highest BCUT2D eigenvalue weighted by atomic mass is 19.4. The molecule has 3 rings (SSSR count). The fraction of sp³-hybridized carbons (Fsp3) is 0.222. The van der Waals surface area contributed by atoms with E-state index in [0.717, 1.165) is 17.0 Å². The minimum atomic E-state index is -4.86. The van der Waals surface area contributed by atoms with E-state index in [9.17, 15) is 27.6 Å². The number of rotatable bonds is 4. The van der Waals surface area contributed by atoms with E-state index >= 15 is 0 Å². The number of fused-ring (bicyclic) bond motifs is 1. The lowest BCUT2D eigenvalue weighted by molar-refractivity contribution is -0.274. The molecule has 0 saturated heterocycles. The molecule has 1 aromatic carbocycles. The SMILES string of the molecule is CNC(=O)C(NC(=O)N1CC(=O)Nc2cccnc21)c1ccc(OC(F)(F)F)cc1. The van der Waals surface area contributed by atoms with E-state index in [-0.39, 0.29) is 17.9 Å². The van der Waals surface area contributed by atoms with Gasteiger partial charge in [-0.3, -0.25) is 14.5 Å². The van der Waals surface area contributed by atoms with Crippen LogP contribution in [0.15, 0.2) is 42.6 Å². The molecule has 9 nitrogen and oxygen atoms in total. The first-order chi connectivity index (χ1) is 14.2. The molecular weight excluding hydrogens is 407 g/mol. The van der Waals surface area contributed by atoms with E-state index < -0.39 is 36.0 Å². The minimum Gasteiger partial charge on any atom is -0.406 e. The summed E-state index contributed by atoms with van der Waals surface area (Å²) in [6.45, 7) is -0.325. The zero-order chi connectivity index (χ0) is 21.9. The Morgan fingerprint density at radius 3 is 2.57 bits per heavy atom. The number of anilines is 2. The molecule has 30 heavy (non-hydrogen) atoms. The maximum Gasteiger partial charge on any atom is 0.573 e. The van der Waals surface area contributed by atoms with Crippen molar-refractivity contribution in [3.05, 3.63) is 48.2 Å². The fourth-order valence-corrected chi connectivity index (χ4v) is 2.79. The Kier molecular flexibility index (Phi) is 5.76. The average molecular weight is 423 g/mol. The molecule has 1 aromatic heterocycles. The first-order valence-corrected chi connectivity index (χ1v) is 8.58. The van der Waals surface area contributed by atoms with Crippen LogP contribution in [0.3, 0.4) is 0 Å². The number of hydrogen-bond donors (Lipinski definition) is 3. The molecule has 158 valence electrons. The number of benzene rings is 1. The highest BCUT2D eigenvalue weighted by Crippen LogP contribution is 2.28. The molecule has 1 unspecified atom stereocenters. The number of carbonyl (C=O) groups is 3. The lowest BCUT2D eigenvalue weighted by atomic mass is 10.1. The molecule has 0 radical (unpaired) electrons. The number of nitrogens with zero attached hydrogens (tertiary/aromatic N) is 2. The Morgan fingerprint density at radius 1 is 1.23 bits per heavy atom. The number of nitrogens with one attached hydrogen (secondary N) is 3. The third-order valence-corrected chi connectivity index (χ3v) is 4.09. The summed E-state index contributed by atoms with van der Waals surface area (Å²) in [5.41, 5.74) is 0.536. The van der Waals surface area contributed by atoms with Crippen molar-refractivity contribution in [1.82, 2.24) is 15.6 Å². The molecule has 0 bridgehead atoms. The van der Waals surface area contributed by atoms with Crippen LogP contribution in [-0.4, -0.2) is 42.8 Å². The van der Waals surface area contributed by atoms with Gasteiger partial charge in [-0.25, -0.2) is 9.78 Å². The zero-order valence-electron chi connectivity index (χ0n) is 15.5. The number of amides is 4. The van der Waals surface area contributed by atoms with Gasteiger partial charge in [0.1, 0.15) is 18.3 Å². The van der Waals surface area contributed by atoms with Crippen LogP contribution in [0.2, 0.25) is 0 Å². The molecule has 1 aliphatic heterocycles. The van der Waals surface area contributed by atoms with Gasteiger partial charge >= 0.3 is 12.4 Å². The molecule has 2 heterocycles. The summed E-state index contributed by atoms with van der Waals surface area (Å²) in [6.07, 6.45) is -3.42. The summed E-state index contributed by atoms with van der Waals surface area (Å²) in [7, 11) is 1.34. The van der Waals surface area contributed by atoms with Crippen molar-refractivity contribution in [2.24, 2.45) is 0 Å². The standard InChI is InChI=1S/C18H16F3N5O4/c1-22-16(28)14(10-4-6-11(7-5-10)30-18(19,20)21)25-17(29)26-9-13(27)24-12-3-2-8-23-15(12)26/h2-8,14H,9H2,1H3,(H,22,28)(H,24,27)(H,25,29). The Morgan fingerprint density at radius 2 is 1.93 bits per heavy atom. The molecular formula is C18H16F3N5O4. The molecule has 2 aromatic rings. The van der Waals surface area contributed by atoms with Gasteiger partial charge in [0, 0.05) is 13.2 Å². The number of carbonyl (C=O) groups excluding carboxylic acids is 3. The average Bonchev–Trinajstić information content (AvgIpc) is 2.70. The Labute approximate surface area is 168 Å². The van der Waals surface area contributed by atoms with Crippen molar-refractivity contribution in [1.29, 1.82) is 0 Å². The molecule has 1 aliphatic rings. The predicted octanol–water partition coefficient (Wildman–Crippen LogP) is 1.94. The van der Waals surface area contributed by atoms with Gasteiger partial charge in [-0.2, -0.15) is 0 Å². The Bertz CT molecular complexity index is 965. The van der Waals surface area contributed by atoms with Gasteiger partial charge in [-0.05, 0) is 29.8 Å². The number of ether oxygens (including phenoxy) is 1. The van der Waals surface area contributed by atoms with Crippen molar-refractivity contribution >= 4 is 29.4 Å². The summed E-state index contributed by atoms with van der Waals surface area (Å²) < 4.78 is 40.8. The van der Waals surface area contributed by atoms with Gasteiger partial charge in [-0.1, -0.05) is 12.1 Å². The summed E-state index contributed by atoms with van der Waals surface area (Å²) in [6, 6.07) is 5.61. The lowest BCUT2D eigenvalue weighted by Crippen LogP contribution is -2.50. The van der Waals surface area contributed by atoms with Crippen LogP contribution in [0.4, 0.5) is 29.5 Å². The quantitative estimate of drug-likeness (QED) is 0.696. The van der Waals surface area contributed by atoms with Crippen LogP contribution in [0.1, 0.15) is 11.6 Å². The van der Waals surface area contributed by atoms with E-state index in [1.54, 1.807) is 12.1 Å². The summed E-state index contributed by atoms with van der Waals surface area (Å²) >= 11 is 0. The predicted molar refractivity (Wildman–Crippen MR) is 98.7 cm³/mol. The number of halogens is 3. The third-order valence-electron chi connectivity index (χ3n) is 4.09. The van der Waals surface area contributed by atoms with Crippen molar-refractivity contribution in [3.8, 4) is 5.75 Å². The van der Waals surface area contributed by atoms with Crippen molar-refractivity contribution in [2.45, 2.75) is 12.4 Å². The van der Waals surface area contributed by atoms with Crippen LogP contribution < -0.4 is 25.6 Å². The number of aromatic nitrogens is 1. The van der Waals surface area contributed by atoms with Crippen LogP contribution in [0, 0.1) is 0 Å². The second-order valence-corrected chi connectivity index (χ2v) is 6.12. The van der Waals surface area contributed by atoms with E-state index in [2.05, 4.69) is 25.7 Å². The molecule has 12 heteroatoms. The molecule has 4 amide bonds. The molecule has 1 atom stereocenters. The van der Waals surface area contributed by atoms with Gasteiger partial charge in [0.2, 0.25) is 11.8 Å². The molecule has 3 N–H and O–H groups in total. The monoisotopic (exact) mass is 423 g/mol. The Hall–Kier alpha value is -3.83. The van der Waals surface area contributed by atoms with Gasteiger partial charge in [-0.15, -0.1) is 13.2 Å². The van der Waals surface area contributed by atoms with Crippen LogP contribution >= 0.6 is 0 Å². The number of likely N-dealkylation sites (N-methyl/N-ethyl adjacent to an activating group) is 1. The van der Waals surface area contributed by atoms with Crippen LogP contribution in [0.5, 0.6) is 5.75 Å². The minimum absolute atomic E-state index is 0.194. The van der Waals surface area contributed by atoms with Crippen molar-refractivity contribution in [2.75, 3.05) is 23.8 Å². The number of urea groups is 1. The normalized spacial score (nSPS) is 14.3. The van der Waals surface area contributed by atoms with Gasteiger partial charge in [0.15, 0.2) is 5.82 Å². The first kappa shape index (κ1) is 20.9. The van der Waals surface area contributed by atoms with E-state index in [1.807, 2.05) is 0 Å². The third kappa shape index (κ3) is 4.77. The van der Waals surface area contributed by atoms with Crippen LogP contribution in [-0.2, 0) is 9.59 Å². The van der Waals surface area contributed by atoms with Crippen molar-refractivity contribution < 1.29 is 32.3 Å². The molecule has 0 saturated carbocycles. The number of hydrogen-bond acceptors (Lipinski definition) is 5. The second kappa shape index (κ2) is 8.27. The number of pyridine rings is 1. The molecule has 0 fully saturated rings. The van der Waals surface area contributed by atoms with E-state index in [4.69, 9.17) is 0 Å². The molecule has 0 spiro atoms. The number of alkyl halides is 3.